The highest BCUT2D eigenvalue weighted by Crippen LogP contribution is 2.28. The summed E-state index contributed by atoms with van der Waals surface area (Å²) in [5.74, 6) is -0.659. The van der Waals surface area contributed by atoms with Gasteiger partial charge in [-0.15, -0.1) is 0 Å². The normalized spacial score (nSPS) is 12.2. The molecule has 0 saturated carbocycles. The van der Waals surface area contributed by atoms with Gasteiger partial charge >= 0.3 is 0 Å². The summed E-state index contributed by atoms with van der Waals surface area (Å²) in [5, 5.41) is 10.5. The summed E-state index contributed by atoms with van der Waals surface area (Å²) in [4.78, 5) is 10.5. The minimum Gasteiger partial charge on any atom is -0.384 e. The van der Waals surface area contributed by atoms with Crippen LogP contribution in [0, 0.1) is 5.82 Å². The number of hydrogen-bond donors (Lipinski definition) is 1. The van der Waals surface area contributed by atoms with Gasteiger partial charge in [0.25, 0.3) is 0 Å². The SMILES string of the molecule is O=Cc1ccc(C(O)c2ccccc2Cl)cc1F. The maximum atomic E-state index is 13.5. The zero-order chi connectivity index (χ0) is 13.1. The van der Waals surface area contributed by atoms with Crippen LogP contribution >= 0.6 is 11.6 Å². The van der Waals surface area contributed by atoms with E-state index in [-0.39, 0.29) is 5.56 Å². The minimum absolute atomic E-state index is 0.0369. The van der Waals surface area contributed by atoms with Gasteiger partial charge in [-0.05, 0) is 23.8 Å². The molecule has 4 heteroatoms. The van der Waals surface area contributed by atoms with Crippen molar-refractivity contribution in [1.29, 1.82) is 0 Å². The lowest BCUT2D eigenvalue weighted by molar-refractivity contribution is 0.111. The van der Waals surface area contributed by atoms with E-state index in [0.29, 0.717) is 22.4 Å². The van der Waals surface area contributed by atoms with Crippen LogP contribution in [-0.4, -0.2) is 11.4 Å². The Labute approximate surface area is 109 Å². The van der Waals surface area contributed by atoms with Crippen molar-refractivity contribution in [3.8, 4) is 0 Å². The van der Waals surface area contributed by atoms with Crippen LogP contribution in [0.3, 0.4) is 0 Å². The summed E-state index contributed by atoms with van der Waals surface area (Å²) in [6, 6.07) is 10.8. The predicted molar refractivity (Wildman–Crippen MR) is 67.3 cm³/mol. The largest absolute Gasteiger partial charge is 0.384 e. The number of aldehydes is 1. The molecular weight excluding hydrogens is 255 g/mol. The third-order valence-corrected chi connectivity index (χ3v) is 3.01. The first-order chi connectivity index (χ1) is 8.63. The van der Waals surface area contributed by atoms with Crippen LogP contribution in [0.5, 0.6) is 0 Å². The lowest BCUT2D eigenvalue weighted by atomic mass is 10.0. The van der Waals surface area contributed by atoms with Gasteiger partial charge in [0.2, 0.25) is 0 Å². The molecule has 2 nitrogen and oxygen atoms in total. The van der Waals surface area contributed by atoms with Gasteiger partial charge in [0.15, 0.2) is 6.29 Å². The molecule has 1 atom stereocenters. The Bertz CT molecular complexity index is 584. The van der Waals surface area contributed by atoms with Crippen molar-refractivity contribution in [2.24, 2.45) is 0 Å². The Hall–Kier alpha value is -1.71. The van der Waals surface area contributed by atoms with Gasteiger partial charge in [0, 0.05) is 10.6 Å². The Balaban J connectivity index is 2.40. The number of rotatable bonds is 3. The van der Waals surface area contributed by atoms with Crippen molar-refractivity contribution in [3.05, 3.63) is 70.0 Å². The van der Waals surface area contributed by atoms with Gasteiger partial charge in [-0.1, -0.05) is 35.9 Å². The lowest BCUT2D eigenvalue weighted by Gasteiger charge is -2.13. The van der Waals surface area contributed by atoms with E-state index in [9.17, 15) is 14.3 Å². The number of aliphatic hydroxyl groups excluding tert-OH is 1. The molecule has 92 valence electrons. The molecule has 0 saturated heterocycles. The second-order valence-corrected chi connectivity index (χ2v) is 4.23. The van der Waals surface area contributed by atoms with E-state index in [1.54, 1.807) is 24.3 Å². The molecule has 0 aliphatic rings. The van der Waals surface area contributed by atoms with Crippen LogP contribution in [0.4, 0.5) is 4.39 Å². The Morgan fingerprint density at radius 3 is 2.56 bits per heavy atom. The second kappa shape index (κ2) is 5.29. The molecule has 0 bridgehead atoms. The lowest BCUT2D eigenvalue weighted by Crippen LogP contribution is -2.02. The van der Waals surface area contributed by atoms with Gasteiger partial charge < -0.3 is 5.11 Å². The zero-order valence-electron chi connectivity index (χ0n) is 9.31. The molecule has 0 aliphatic carbocycles. The molecule has 2 aromatic rings. The van der Waals surface area contributed by atoms with E-state index in [1.165, 1.54) is 12.1 Å². The third kappa shape index (κ3) is 2.42. The van der Waals surface area contributed by atoms with Crippen molar-refractivity contribution in [2.45, 2.75) is 6.10 Å². The van der Waals surface area contributed by atoms with Crippen molar-refractivity contribution in [3.63, 3.8) is 0 Å². The topological polar surface area (TPSA) is 37.3 Å². The highest BCUT2D eigenvalue weighted by atomic mass is 35.5. The summed E-state index contributed by atoms with van der Waals surface area (Å²) >= 11 is 5.96. The fourth-order valence-electron chi connectivity index (χ4n) is 1.69. The standard InChI is InChI=1S/C14H10ClFO2/c15-12-4-2-1-3-11(12)14(18)9-5-6-10(8-17)13(16)7-9/h1-8,14,18H. The highest BCUT2D eigenvalue weighted by molar-refractivity contribution is 6.31. The van der Waals surface area contributed by atoms with E-state index in [1.807, 2.05) is 0 Å². The Kier molecular flexibility index (Phi) is 3.75. The number of benzene rings is 2. The smallest absolute Gasteiger partial charge is 0.152 e. The molecule has 0 amide bonds. The molecule has 0 aliphatic heterocycles. The molecule has 0 aromatic heterocycles. The zero-order valence-corrected chi connectivity index (χ0v) is 10.1. The van der Waals surface area contributed by atoms with Gasteiger partial charge in [-0.3, -0.25) is 4.79 Å². The number of hydrogen-bond acceptors (Lipinski definition) is 2. The second-order valence-electron chi connectivity index (χ2n) is 3.82. The number of aliphatic hydroxyl groups is 1. The van der Waals surface area contributed by atoms with Crippen molar-refractivity contribution < 1.29 is 14.3 Å². The number of halogens is 2. The molecule has 2 rings (SSSR count). The fraction of sp³-hybridized carbons (Fsp3) is 0.0714. The molecule has 2 aromatic carbocycles. The van der Waals surface area contributed by atoms with Crippen LogP contribution in [0.15, 0.2) is 42.5 Å². The third-order valence-electron chi connectivity index (χ3n) is 2.67. The molecule has 0 spiro atoms. The van der Waals surface area contributed by atoms with Crippen molar-refractivity contribution in [2.75, 3.05) is 0 Å². The Morgan fingerprint density at radius 2 is 1.94 bits per heavy atom. The molecule has 0 fully saturated rings. The van der Waals surface area contributed by atoms with Crippen LogP contribution in [-0.2, 0) is 0 Å². The van der Waals surface area contributed by atoms with Crippen LogP contribution in [0.2, 0.25) is 5.02 Å². The van der Waals surface area contributed by atoms with Gasteiger partial charge in [-0.2, -0.15) is 0 Å². The van der Waals surface area contributed by atoms with Gasteiger partial charge in [0.1, 0.15) is 11.9 Å². The molecule has 0 radical (unpaired) electrons. The predicted octanol–water partition coefficient (Wildman–Crippen LogP) is 3.37. The van der Waals surface area contributed by atoms with Crippen LogP contribution in [0.1, 0.15) is 27.6 Å². The van der Waals surface area contributed by atoms with Crippen LogP contribution < -0.4 is 0 Å². The van der Waals surface area contributed by atoms with Crippen molar-refractivity contribution in [1.82, 2.24) is 0 Å². The quantitative estimate of drug-likeness (QED) is 0.863. The van der Waals surface area contributed by atoms with Crippen molar-refractivity contribution >= 4 is 17.9 Å². The first-order valence-electron chi connectivity index (χ1n) is 5.30. The van der Waals surface area contributed by atoms with Gasteiger partial charge in [-0.25, -0.2) is 4.39 Å². The van der Waals surface area contributed by atoms with E-state index in [4.69, 9.17) is 11.6 Å². The summed E-state index contributed by atoms with van der Waals surface area (Å²) < 4.78 is 13.5. The maximum Gasteiger partial charge on any atom is 0.152 e. The summed E-state index contributed by atoms with van der Waals surface area (Å²) in [6.45, 7) is 0. The minimum atomic E-state index is -1.02. The summed E-state index contributed by atoms with van der Waals surface area (Å²) in [5.41, 5.74) is 0.814. The fourth-order valence-corrected chi connectivity index (χ4v) is 1.92. The van der Waals surface area contributed by atoms with Gasteiger partial charge in [0.05, 0.1) is 5.56 Å². The number of carbonyl (C=O) groups excluding carboxylic acids is 1. The van der Waals surface area contributed by atoms with E-state index >= 15 is 0 Å². The molecule has 1 N–H and O–H groups in total. The average Bonchev–Trinajstić information content (AvgIpc) is 2.38. The first-order valence-corrected chi connectivity index (χ1v) is 5.68. The van der Waals surface area contributed by atoms with Crippen LogP contribution in [0.25, 0.3) is 0 Å². The first kappa shape index (κ1) is 12.7. The average molecular weight is 265 g/mol. The molecule has 1 unspecified atom stereocenters. The molecular formula is C14H10ClFO2. The highest BCUT2D eigenvalue weighted by Gasteiger charge is 2.15. The summed E-state index contributed by atoms with van der Waals surface area (Å²) in [7, 11) is 0. The Morgan fingerprint density at radius 1 is 1.22 bits per heavy atom. The monoisotopic (exact) mass is 264 g/mol. The summed E-state index contributed by atoms with van der Waals surface area (Å²) in [6.07, 6.45) is -0.588. The van der Waals surface area contributed by atoms with E-state index in [0.717, 1.165) is 6.07 Å². The van der Waals surface area contributed by atoms with E-state index in [2.05, 4.69) is 0 Å². The van der Waals surface area contributed by atoms with E-state index < -0.39 is 11.9 Å². The maximum absolute atomic E-state index is 13.5. The number of carbonyl (C=O) groups is 1. The molecule has 0 heterocycles. The molecule has 18 heavy (non-hydrogen) atoms.